The van der Waals surface area contributed by atoms with Gasteiger partial charge < -0.3 is 4.74 Å². The van der Waals surface area contributed by atoms with E-state index in [9.17, 15) is 13.2 Å². The van der Waals surface area contributed by atoms with Crippen LogP contribution in [0, 0.1) is 6.92 Å². The summed E-state index contributed by atoms with van der Waals surface area (Å²) in [6, 6.07) is 14.2. The molecule has 0 saturated carbocycles. The molecule has 0 fully saturated rings. The maximum absolute atomic E-state index is 12.9. The van der Waals surface area contributed by atoms with Gasteiger partial charge in [-0.1, -0.05) is 30.3 Å². The molecule has 5 nitrogen and oxygen atoms in total. The first-order chi connectivity index (χ1) is 12.9. The molecule has 0 unspecified atom stereocenters. The number of methoxy groups -OCH3 is 1. The molecular weight excluding hydrogens is 362 g/mol. The highest BCUT2D eigenvalue weighted by Crippen LogP contribution is 2.35. The second-order valence-electron chi connectivity index (χ2n) is 6.69. The molecule has 3 aromatic rings. The third-order valence-corrected chi connectivity index (χ3v) is 6.41. The van der Waals surface area contributed by atoms with Crippen LogP contribution in [-0.4, -0.2) is 21.5 Å². The van der Waals surface area contributed by atoms with Gasteiger partial charge in [-0.05, 0) is 60.0 Å². The molecule has 1 aliphatic rings. The van der Waals surface area contributed by atoms with Gasteiger partial charge in [0.25, 0.3) is 10.0 Å². The van der Waals surface area contributed by atoms with Gasteiger partial charge >= 0.3 is 5.97 Å². The normalized spacial score (nSPS) is 13.0. The number of hydrogen-bond donors (Lipinski definition) is 1. The van der Waals surface area contributed by atoms with Gasteiger partial charge in [0, 0.05) is 5.39 Å². The van der Waals surface area contributed by atoms with Gasteiger partial charge in [0.2, 0.25) is 0 Å². The van der Waals surface area contributed by atoms with Crippen molar-refractivity contribution in [2.75, 3.05) is 11.8 Å². The summed E-state index contributed by atoms with van der Waals surface area (Å²) in [6.45, 7) is 1.74. The Hall–Kier alpha value is -2.86. The number of ether oxygens (including phenoxy) is 1. The van der Waals surface area contributed by atoms with E-state index < -0.39 is 16.0 Å². The number of carbonyl (C=O) groups is 1. The highest BCUT2D eigenvalue weighted by molar-refractivity contribution is 7.92. The minimum Gasteiger partial charge on any atom is -0.465 e. The molecule has 0 saturated heterocycles. The van der Waals surface area contributed by atoms with Crippen molar-refractivity contribution in [2.45, 2.75) is 24.7 Å². The van der Waals surface area contributed by atoms with Crippen LogP contribution in [0.2, 0.25) is 0 Å². The number of aryl methyl sites for hydroxylation is 3. The van der Waals surface area contributed by atoms with Crippen molar-refractivity contribution >= 4 is 32.5 Å². The summed E-state index contributed by atoms with van der Waals surface area (Å²) in [5.74, 6) is -0.560. The molecule has 1 aliphatic carbocycles. The first-order valence-corrected chi connectivity index (χ1v) is 10.1. The lowest BCUT2D eigenvalue weighted by Crippen LogP contribution is -2.15. The number of anilines is 1. The van der Waals surface area contributed by atoms with E-state index in [1.165, 1.54) is 30.4 Å². The fraction of sp³-hybridized carbons (Fsp3) is 0.190. The van der Waals surface area contributed by atoms with Gasteiger partial charge in [0.05, 0.1) is 23.3 Å². The average Bonchev–Trinajstić information content (AvgIpc) is 3.08. The van der Waals surface area contributed by atoms with Crippen LogP contribution in [0.4, 0.5) is 5.69 Å². The Kier molecular flexibility index (Phi) is 4.15. The lowest BCUT2D eigenvalue weighted by molar-refractivity contribution is 0.0599. The summed E-state index contributed by atoms with van der Waals surface area (Å²) >= 11 is 0. The van der Waals surface area contributed by atoms with E-state index in [0.717, 1.165) is 23.6 Å². The molecular formula is C21H19NO4S. The van der Waals surface area contributed by atoms with Crippen molar-refractivity contribution in [3.05, 3.63) is 70.8 Å². The zero-order valence-electron chi connectivity index (χ0n) is 15.1. The molecule has 0 spiro atoms. The van der Waals surface area contributed by atoms with E-state index in [2.05, 4.69) is 10.8 Å². The Bertz CT molecular complexity index is 1170. The molecule has 0 radical (unpaired) electrons. The van der Waals surface area contributed by atoms with E-state index in [4.69, 9.17) is 4.74 Å². The summed E-state index contributed by atoms with van der Waals surface area (Å²) in [7, 11) is -2.58. The molecule has 138 valence electrons. The monoisotopic (exact) mass is 381 g/mol. The third-order valence-electron chi connectivity index (χ3n) is 5.05. The number of benzene rings is 3. The zero-order chi connectivity index (χ0) is 19.2. The highest BCUT2D eigenvalue weighted by atomic mass is 32.2. The standard InChI is InChI=1S/C21H19NO4S/c1-13-6-10-16(12-18(13)21(23)26-2)27(24,25)22-19-11-9-15-8-7-14-4-3-5-17(19)20(14)15/h3-6,9-12,22H,7-8H2,1-2H3. The van der Waals surface area contributed by atoms with Crippen LogP contribution in [0.1, 0.15) is 27.0 Å². The Morgan fingerprint density at radius 3 is 2.52 bits per heavy atom. The van der Waals surface area contributed by atoms with Crippen LogP contribution in [0.3, 0.4) is 0 Å². The van der Waals surface area contributed by atoms with Gasteiger partial charge in [-0.3, -0.25) is 4.72 Å². The highest BCUT2D eigenvalue weighted by Gasteiger charge is 2.21. The van der Waals surface area contributed by atoms with Crippen LogP contribution in [0.15, 0.2) is 53.4 Å². The fourth-order valence-electron chi connectivity index (χ4n) is 3.64. The van der Waals surface area contributed by atoms with Crippen LogP contribution in [-0.2, 0) is 27.6 Å². The Morgan fingerprint density at radius 1 is 1.04 bits per heavy atom. The van der Waals surface area contributed by atoms with Gasteiger partial charge in [0.1, 0.15) is 0 Å². The predicted molar refractivity (Wildman–Crippen MR) is 105 cm³/mol. The molecule has 0 aliphatic heterocycles. The van der Waals surface area contributed by atoms with Crippen LogP contribution in [0.25, 0.3) is 10.8 Å². The number of sulfonamides is 1. The van der Waals surface area contributed by atoms with Gasteiger partial charge in [-0.2, -0.15) is 0 Å². The second kappa shape index (κ2) is 6.39. The smallest absolute Gasteiger partial charge is 0.338 e. The molecule has 3 aromatic carbocycles. The Morgan fingerprint density at radius 2 is 1.78 bits per heavy atom. The maximum Gasteiger partial charge on any atom is 0.338 e. The lowest BCUT2D eigenvalue weighted by atomic mass is 10.0. The number of nitrogens with one attached hydrogen (secondary N) is 1. The molecule has 4 rings (SSSR count). The molecule has 0 amide bonds. The molecule has 0 aromatic heterocycles. The largest absolute Gasteiger partial charge is 0.465 e. The Labute approximate surface area is 158 Å². The first kappa shape index (κ1) is 17.5. The number of esters is 1. The summed E-state index contributed by atoms with van der Waals surface area (Å²) in [6.07, 6.45) is 1.95. The van der Waals surface area contributed by atoms with E-state index in [1.54, 1.807) is 19.1 Å². The Balaban J connectivity index is 1.77. The van der Waals surface area contributed by atoms with Crippen molar-refractivity contribution < 1.29 is 17.9 Å². The van der Waals surface area contributed by atoms with Crippen LogP contribution < -0.4 is 4.72 Å². The summed E-state index contributed by atoms with van der Waals surface area (Å²) < 4.78 is 33.3. The van der Waals surface area contributed by atoms with Crippen LogP contribution in [0.5, 0.6) is 0 Å². The topological polar surface area (TPSA) is 72.5 Å². The van der Waals surface area contributed by atoms with Crippen molar-refractivity contribution in [3.63, 3.8) is 0 Å². The maximum atomic E-state index is 12.9. The van der Waals surface area contributed by atoms with Crippen molar-refractivity contribution in [2.24, 2.45) is 0 Å². The van der Waals surface area contributed by atoms with Crippen LogP contribution >= 0.6 is 0 Å². The second-order valence-corrected chi connectivity index (χ2v) is 8.37. The zero-order valence-corrected chi connectivity index (χ0v) is 15.9. The number of carbonyl (C=O) groups excluding carboxylic acids is 1. The van der Waals surface area contributed by atoms with Crippen molar-refractivity contribution in [3.8, 4) is 0 Å². The summed E-state index contributed by atoms with van der Waals surface area (Å²) in [4.78, 5) is 11.9. The van der Waals surface area contributed by atoms with Gasteiger partial charge in [-0.15, -0.1) is 0 Å². The summed E-state index contributed by atoms with van der Waals surface area (Å²) in [5, 5.41) is 2.03. The molecule has 27 heavy (non-hydrogen) atoms. The molecule has 0 bridgehead atoms. The van der Waals surface area contributed by atoms with E-state index in [0.29, 0.717) is 11.3 Å². The predicted octanol–water partition coefficient (Wildman–Crippen LogP) is 3.83. The molecule has 1 N–H and O–H groups in total. The van der Waals surface area contributed by atoms with E-state index >= 15 is 0 Å². The third kappa shape index (κ3) is 2.96. The molecule has 0 heterocycles. The quantitative estimate of drug-likeness (QED) is 0.697. The van der Waals surface area contributed by atoms with E-state index in [-0.39, 0.29) is 10.5 Å². The van der Waals surface area contributed by atoms with E-state index in [1.807, 2.05) is 18.2 Å². The average molecular weight is 381 g/mol. The van der Waals surface area contributed by atoms with Gasteiger partial charge in [-0.25, -0.2) is 13.2 Å². The SMILES string of the molecule is COC(=O)c1cc(S(=O)(=O)Nc2ccc3c4c(cccc24)CC3)ccc1C. The molecule has 0 atom stereocenters. The number of rotatable bonds is 4. The van der Waals surface area contributed by atoms with Gasteiger partial charge in [0.15, 0.2) is 0 Å². The number of hydrogen-bond acceptors (Lipinski definition) is 4. The molecule has 6 heteroatoms. The fourth-order valence-corrected chi connectivity index (χ4v) is 4.74. The minimum atomic E-state index is -3.85. The first-order valence-electron chi connectivity index (χ1n) is 8.66. The lowest BCUT2D eigenvalue weighted by Gasteiger charge is -2.13. The van der Waals surface area contributed by atoms with Crippen molar-refractivity contribution in [1.29, 1.82) is 0 Å². The summed E-state index contributed by atoms with van der Waals surface area (Å²) in [5.41, 5.74) is 3.92. The van der Waals surface area contributed by atoms with Crippen molar-refractivity contribution in [1.82, 2.24) is 0 Å². The minimum absolute atomic E-state index is 0.0248.